The van der Waals surface area contributed by atoms with Crippen molar-refractivity contribution in [3.8, 4) is 11.1 Å². The lowest BCUT2D eigenvalue weighted by atomic mass is 9.98. The minimum Gasteiger partial charge on any atom is -0.325 e. The Bertz CT molecular complexity index is 1200. The van der Waals surface area contributed by atoms with E-state index in [0.717, 1.165) is 29.2 Å². The van der Waals surface area contributed by atoms with E-state index in [1.165, 1.54) is 18.5 Å². The summed E-state index contributed by atoms with van der Waals surface area (Å²) in [7, 11) is 0. The van der Waals surface area contributed by atoms with E-state index in [9.17, 15) is 27.2 Å². The van der Waals surface area contributed by atoms with Crippen molar-refractivity contribution in [2.45, 2.75) is 19.0 Å². The number of amides is 2. The highest BCUT2D eigenvalue weighted by Gasteiger charge is 2.35. The van der Waals surface area contributed by atoms with Crippen LogP contribution in [0.4, 0.5) is 28.9 Å². The summed E-state index contributed by atoms with van der Waals surface area (Å²) in [5.74, 6) is -2.71. The molecular weight excluding hydrogens is 428 g/mol. The van der Waals surface area contributed by atoms with Crippen LogP contribution in [0, 0.1) is 5.95 Å². The van der Waals surface area contributed by atoms with Crippen molar-refractivity contribution in [2.75, 3.05) is 16.8 Å². The van der Waals surface area contributed by atoms with Crippen LogP contribution in [0.1, 0.15) is 24.1 Å². The fourth-order valence-corrected chi connectivity index (χ4v) is 3.59. The molecule has 3 aromatic rings. The molecule has 1 N–H and O–H groups in total. The molecule has 6 nitrogen and oxygen atoms in total. The first kappa shape index (κ1) is 21.4. The molecule has 0 radical (unpaired) electrons. The highest BCUT2D eigenvalue weighted by atomic mass is 19.4. The Labute approximate surface area is 179 Å². The number of pyridine rings is 2. The number of fused-ring (bicyclic) bond motifs is 3. The summed E-state index contributed by atoms with van der Waals surface area (Å²) in [6.45, 7) is 1.13. The maximum Gasteiger partial charge on any atom is 0.416 e. The van der Waals surface area contributed by atoms with E-state index in [1.807, 2.05) is 0 Å². The highest BCUT2D eigenvalue weighted by molar-refractivity contribution is 6.09. The van der Waals surface area contributed by atoms with Gasteiger partial charge in [-0.05, 0) is 43.3 Å². The molecular formula is C22H16F4N4O2. The van der Waals surface area contributed by atoms with Gasteiger partial charge in [0.15, 0.2) is 0 Å². The number of alkyl halides is 3. The van der Waals surface area contributed by atoms with Gasteiger partial charge < -0.3 is 10.2 Å². The minimum absolute atomic E-state index is 0.0515. The van der Waals surface area contributed by atoms with Gasteiger partial charge in [-0.15, -0.1) is 0 Å². The summed E-state index contributed by atoms with van der Waals surface area (Å²) >= 11 is 0. The smallest absolute Gasteiger partial charge is 0.325 e. The number of benzene rings is 1. The average molecular weight is 444 g/mol. The number of aromatic nitrogens is 2. The first-order valence-electron chi connectivity index (χ1n) is 9.55. The van der Waals surface area contributed by atoms with E-state index in [2.05, 4.69) is 15.3 Å². The lowest BCUT2D eigenvalue weighted by molar-refractivity contribution is -0.137. The van der Waals surface area contributed by atoms with Gasteiger partial charge in [0.25, 0.3) is 0 Å². The molecule has 1 aliphatic heterocycles. The van der Waals surface area contributed by atoms with Gasteiger partial charge in [-0.25, -0.2) is 4.98 Å². The summed E-state index contributed by atoms with van der Waals surface area (Å²) in [5.41, 5.74) is 0.244. The summed E-state index contributed by atoms with van der Waals surface area (Å²) < 4.78 is 52.9. The molecule has 0 spiro atoms. The van der Waals surface area contributed by atoms with Gasteiger partial charge in [-0.2, -0.15) is 17.6 Å². The largest absolute Gasteiger partial charge is 0.416 e. The van der Waals surface area contributed by atoms with Crippen molar-refractivity contribution in [2.24, 2.45) is 0 Å². The van der Waals surface area contributed by atoms with Crippen molar-refractivity contribution in [1.82, 2.24) is 9.97 Å². The molecule has 164 valence electrons. The Morgan fingerprint density at radius 2 is 1.81 bits per heavy atom. The van der Waals surface area contributed by atoms with Crippen molar-refractivity contribution in [1.29, 1.82) is 0 Å². The number of carbonyl (C=O) groups excluding carboxylic acids is 2. The number of rotatable bonds is 3. The second kappa shape index (κ2) is 8.03. The molecule has 2 aromatic heterocycles. The van der Waals surface area contributed by atoms with Crippen LogP contribution in [0.3, 0.4) is 0 Å². The molecule has 1 atom stereocenters. The van der Waals surface area contributed by atoms with Gasteiger partial charge >= 0.3 is 6.18 Å². The Morgan fingerprint density at radius 3 is 2.50 bits per heavy atom. The third-order valence-electron chi connectivity index (χ3n) is 5.13. The van der Waals surface area contributed by atoms with Gasteiger partial charge in [0.2, 0.25) is 17.8 Å². The zero-order valence-electron chi connectivity index (χ0n) is 16.7. The van der Waals surface area contributed by atoms with Crippen LogP contribution in [0.15, 0.2) is 54.9 Å². The molecule has 0 aliphatic carbocycles. The van der Waals surface area contributed by atoms with Gasteiger partial charge in [-0.1, -0.05) is 6.07 Å². The molecule has 10 heteroatoms. The minimum atomic E-state index is -4.50. The topological polar surface area (TPSA) is 75.2 Å². The molecule has 0 saturated carbocycles. The number of carbonyl (C=O) groups is 2. The second-order valence-corrected chi connectivity index (χ2v) is 7.20. The van der Waals surface area contributed by atoms with Crippen molar-refractivity contribution < 1.29 is 27.2 Å². The molecule has 0 saturated heterocycles. The molecule has 2 amide bonds. The van der Waals surface area contributed by atoms with Gasteiger partial charge in [-0.3, -0.25) is 14.6 Å². The molecule has 4 rings (SSSR count). The van der Waals surface area contributed by atoms with Crippen molar-refractivity contribution in [3.05, 3.63) is 72.1 Å². The van der Waals surface area contributed by atoms with Gasteiger partial charge in [0, 0.05) is 23.6 Å². The maximum atomic E-state index is 14.7. The lowest BCUT2D eigenvalue weighted by Crippen LogP contribution is -2.40. The highest BCUT2D eigenvalue weighted by Crippen LogP contribution is 2.40. The molecule has 32 heavy (non-hydrogen) atoms. The quantitative estimate of drug-likeness (QED) is 0.480. The molecule has 1 aromatic carbocycles. The van der Waals surface area contributed by atoms with Crippen LogP contribution in [0.2, 0.25) is 0 Å². The normalized spacial score (nSPS) is 15.6. The molecule has 3 heterocycles. The van der Waals surface area contributed by atoms with E-state index in [-0.39, 0.29) is 16.9 Å². The van der Waals surface area contributed by atoms with Crippen LogP contribution < -0.4 is 10.2 Å². The van der Waals surface area contributed by atoms with Crippen LogP contribution in [-0.4, -0.2) is 28.3 Å². The Morgan fingerprint density at radius 1 is 1.09 bits per heavy atom. The summed E-state index contributed by atoms with van der Waals surface area (Å²) in [5, 5.41) is 2.47. The summed E-state index contributed by atoms with van der Waals surface area (Å²) in [6, 6.07) is 8.58. The standard InChI is InChI=1S/C22H16F4N4O2/c1-12-19-15(3-2-9-27-19)18-16(8-10-28-20(18)23)30(21(12)32)11-17(31)29-14-6-4-13(5-7-14)22(24,25)26/h2-10,12H,11H2,1H3,(H,29,31)/t12-/m1/s1. The third kappa shape index (κ3) is 3.91. The fraction of sp³-hybridized carbons (Fsp3) is 0.182. The van der Waals surface area contributed by atoms with Gasteiger partial charge in [0.1, 0.15) is 6.54 Å². The number of anilines is 2. The molecule has 0 bridgehead atoms. The van der Waals surface area contributed by atoms with Crippen molar-refractivity contribution >= 4 is 23.2 Å². The lowest BCUT2D eigenvalue weighted by Gasteiger charge is -2.24. The summed E-state index contributed by atoms with van der Waals surface area (Å²) in [4.78, 5) is 34.8. The second-order valence-electron chi connectivity index (χ2n) is 7.20. The molecule has 1 aliphatic rings. The molecule has 0 fully saturated rings. The number of hydrogen-bond donors (Lipinski definition) is 1. The number of halogens is 4. The van der Waals surface area contributed by atoms with Crippen molar-refractivity contribution in [3.63, 3.8) is 0 Å². The third-order valence-corrected chi connectivity index (χ3v) is 5.13. The number of hydrogen-bond acceptors (Lipinski definition) is 4. The Kier molecular flexibility index (Phi) is 5.37. The van der Waals surface area contributed by atoms with E-state index < -0.39 is 42.0 Å². The van der Waals surface area contributed by atoms with Crippen LogP contribution in [0.25, 0.3) is 11.1 Å². The number of nitrogens with one attached hydrogen (secondary N) is 1. The zero-order valence-corrected chi connectivity index (χ0v) is 16.7. The first-order chi connectivity index (χ1) is 15.2. The monoisotopic (exact) mass is 444 g/mol. The van der Waals surface area contributed by atoms with Gasteiger partial charge in [0.05, 0.1) is 28.4 Å². The van der Waals surface area contributed by atoms with E-state index in [4.69, 9.17) is 0 Å². The first-order valence-corrected chi connectivity index (χ1v) is 9.55. The van der Waals surface area contributed by atoms with Crippen LogP contribution >= 0.6 is 0 Å². The molecule has 0 unspecified atom stereocenters. The predicted molar refractivity (Wildman–Crippen MR) is 108 cm³/mol. The Hall–Kier alpha value is -3.82. The fourth-order valence-electron chi connectivity index (χ4n) is 3.59. The zero-order chi connectivity index (χ0) is 23.0. The van der Waals surface area contributed by atoms with E-state index >= 15 is 0 Å². The maximum absolute atomic E-state index is 14.7. The SMILES string of the molecule is C[C@H]1C(=O)N(CC(=O)Nc2ccc(C(F)(F)F)cc2)c2ccnc(F)c2-c2cccnc21. The van der Waals surface area contributed by atoms with Crippen LogP contribution in [-0.2, 0) is 15.8 Å². The average Bonchev–Trinajstić information content (AvgIpc) is 2.84. The Balaban J connectivity index is 1.65. The van der Waals surface area contributed by atoms with E-state index in [1.54, 1.807) is 19.1 Å². The number of nitrogens with zero attached hydrogens (tertiary/aromatic N) is 3. The summed E-state index contributed by atoms with van der Waals surface area (Å²) in [6.07, 6.45) is -1.82. The predicted octanol–water partition coefficient (Wildman–Crippen LogP) is 4.39. The van der Waals surface area contributed by atoms with Crippen LogP contribution in [0.5, 0.6) is 0 Å². The van der Waals surface area contributed by atoms with E-state index in [0.29, 0.717) is 11.3 Å².